The van der Waals surface area contributed by atoms with Crippen molar-refractivity contribution in [2.75, 3.05) is 0 Å². The SMILES string of the molecule is Cc1cccc2c1c[n+](C)c1ccc(-c3nc4ccccc4s3)cc21. The molecule has 0 aliphatic heterocycles. The van der Waals surface area contributed by atoms with Gasteiger partial charge in [0, 0.05) is 22.4 Å². The number of benzene rings is 3. The third-order valence-electron chi connectivity index (χ3n) is 4.85. The van der Waals surface area contributed by atoms with Gasteiger partial charge in [-0.1, -0.05) is 30.3 Å². The van der Waals surface area contributed by atoms with E-state index < -0.39 is 0 Å². The lowest BCUT2D eigenvalue weighted by Gasteiger charge is -2.06. The molecule has 2 heterocycles. The van der Waals surface area contributed by atoms with E-state index in [9.17, 15) is 0 Å². The van der Waals surface area contributed by atoms with E-state index >= 15 is 0 Å². The Morgan fingerprint density at radius 1 is 0.880 bits per heavy atom. The van der Waals surface area contributed by atoms with Gasteiger partial charge in [-0.2, -0.15) is 0 Å². The van der Waals surface area contributed by atoms with Crippen LogP contribution in [0.15, 0.2) is 66.9 Å². The average molecular weight is 341 g/mol. The van der Waals surface area contributed by atoms with Crippen molar-refractivity contribution in [2.45, 2.75) is 6.92 Å². The summed E-state index contributed by atoms with van der Waals surface area (Å²) in [6.07, 6.45) is 2.23. The van der Waals surface area contributed by atoms with Crippen LogP contribution in [0, 0.1) is 6.92 Å². The molecule has 0 aliphatic carbocycles. The first kappa shape index (κ1) is 14.6. The zero-order chi connectivity index (χ0) is 17.0. The first-order chi connectivity index (χ1) is 12.2. The Balaban J connectivity index is 1.83. The zero-order valence-corrected chi connectivity index (χ0v) is 15.0. The van der Waals surface area contributed by atoms with E-state index in [1.54, 1.807) is 11.3 Å². The fourth-order valence-electron chi connectivity index (χ4n) is 3.54. The van der Waals surface area contributed by atoms with Crippen LogP contribution in [-0.4, -0.2) is 4.98 Å². The van der Waals surface area contributed by atoms with Gasteiger partial charge in [0.2, 0.25) is 5.52 Å². The fraction of sp³-hybridized carbons (Fsp3) is 0.0909. The number of pyridine rings is 1. The maximum Gasteiger partial charge on any atom is 0.212 e. The minimum atomic E-state index is 1.07. The second kappa shape index (κ2) is 5.36. The number of hydrogen-bond acceptors (Lipinski definition) is 2. The molecule has 5 aromatic rings. The minimum absolute atomic E-state index is 1.07. The summed E-state index contributed by atoms with van der Waals surface area (Å²) in [6, 6.07) is 21.5. The van der Waals surface area contributed by atoms with Crippen molar-refractivity contribution < 1.29 is 4.57 Å². The minimum Gasteiger partial charge on any atom is -0.236 e. The molecule has 0 fully saturated rings. The van der Waals surface area contributed by atoms with E-state index in [2.05, 4.69) is 79.3 Å². The molecular formula is C22H17N2S+. The van der Waals surface area contributed by atoms with Crippen LogP contribution < -0.4 is 4.57 Å². The molecule has 120 valence electrons. The van der Waals surface area contributed by atoms with Gasteiger partial charge >= 0.3 is 0 Å². The third kappa shape index (κ3) is 2.24. The maximum absolute atomic E-state index is 4.82. The van der Waals surface area contributed by atoms with E-state index in [4.69, 9.17) is 4.98 Å². The smallest absolute Gasteiger partial charge is 0.212 e. The van der Waals surface area contributed by atoms with Crippen molar-refractivity contribution in [1.29, 1.82) is 0 Å². The molecule has 0 saturated heterocycles. The van der Waals surface area contributed by atoms with Crippen molar-refractivity contribution in [3.8, 4) is 10.6 Å². The molecule has 0 unspecified atom stereocenters. The lowest BCUT2D eigenvalue weighted by atomic mass is 10.0. The highest BCUT2D eigenvalue weighted by Crippen LogP contribution is 2.33. The van der Waals surface area contributed by atoms with E-state index in [-0.39, 0.29) is 0 Å². The van der Waals surface area contributed by atoms with Gasteiger partial charge in [-0.3, -0.25) is 0 Å². The van der Waals surface area contributed by atoms with E-state index in [1.807, 2.05) is 6.07 Å². The largest absolute Gasteiger partial charge is 0.236 e. The molecule has 0 bridgehead atoms. The monoisotopic (exact) mass is 341 g/mol. The Kier molecular flexibility index (Phi) is 3.12. The first-order valence-corrected chi connectivity index (χ1v) is 9.20. The van der Waals surface area contributed by atoms with Crippen LogP contribution in [0.4, 0.5) is 0 Å². The van der Waals surface area contributed by atoms with Gasteiger partial charge < -0.3 is 0 Å². The molecule has 0 atom stereocenters. The molecule has 2 nitrogen and oxygen atoms in total. The van der Waals surface area contributed by atoms with Crippen LogP contribution in [0.25, 0.3) is 42.5 Å². The Hall–Kier alpha value is -2.78. The summed E-state index contributed by atoms with van der Waals surface area (Å²) in [6.45, 7) is 2.17. The Bertz CT molecular complexity index is 1230. The Labute approximate surface area is 150 Å². The number of aromatic nitrogens is 2. The molecule has 5 rings (SSSR count). The summed E-state index contributed by atoms with van der Waals surface area (Å²) in [7, 11) is 2.12. The Morgan fingerprint density at radius 3 is 2.64 bits per heavy atom. The molecule has 3 heteroatoms. The van der Waals surface area contributed by atoms with E-state index in [0.29, 0.717) is 0 Å². The summed E-state index contributed by atoms with van der Waals surface area (Å²) in [5.74, 6) is 0. The molecule has 3 aromatic carbocycles. The van der Waals surface area contributed by atoms with E-state index in [0.717, 1.165) is 10.5 Å². The van der Waals surface area contributed by atoms with Crippen LogP contribution in [-0.2, 0) is 7.05 Å². The normalized spacial score (nSPS) is 11.6. The highest BCUT2D eigenvalue weighted by atomic mass is 32.1. The summed E-state index contributed by atoms with van der Waals surface area (Å²) in [4.78, 5) is 4.82. The standard InChI is InChI=1S/C22H17N2S/c1-14-6-5-7-16-17-12-15(10-11-20(17)24(2)13-18(14)16)22-23-19-8-3-4-9-21(19)25-22/h3-13H,1-2H3/q+1. The molecule has 2 aromatic heterocycles. The maximum atomic E-state index is 4.82. The average Bonchev–Trinajstić information content (AvgIpc) is 3.07. The third-order valence-corrected chi connectivity index (χ3v) is 5.94. The molecule has 0 aliphatic rings. The molecule has 25 heavy (non-hydrogen) atoms. The van der Waals surface area contributed by atoms with Gasteiger partial charge in [0.15, 0.2) is 6.20 Å². The van der Waals surface area contributed by atoms with Gasteiger partial charge in [0.25, 0.3) is 0 Å². The number of thiazole rings is 1. The lowest BCUT2D eigenvalue weighted by molar-refractivity contribution is -0.643. The number of fused-ring (bicyclic) bond motifs is 4. The second-order valence-corrected chi connectivity index (χ2v) is 7.53. The number of aryl methyl sites for hydroxylation is 2. The number of rotatable bonds is 1. The molecule has 0 radical (unpaired) electrons. The molecular weight excluding hydrogens is 324 g/mol. The van der Waals surface area contributed by atoms with Crippen molar-refractivity contribution in [2.24, 2.45) is 7.05 Å². The molecule has 0 saturated carbocycles. The van der Waals surface area contributed by atoms with Crippen molar-refractivity contribution >= 4 is 43.2 Å². The zero-order valence-electron chi connectivity index (χ0n) is 14.2. The van der Waals surface area contributed by atoms with Gasteiger partial charge in [-0.25, -0.2) is 9.55 Å². The lowest BCUT2D eigenvalue weighted by Crippen LogP contribution is -2.28. The van der Waals surface area contributed by atoms with Crippen molar-refractivity contribution in [3.05, 3.63) is 72.4 Å². The first-order valence-electron chi connectivity index (χ1n) is 8.38. The van der Waals surface area contributed by atoms with Crippen molar-refractivity contribution in [1.82, 2.24) is 4.98 Å². The topological polar surface area (TPSA) is 16.8 Å². The highest BCUT2D eigenvalue weighted by molar-refractivity contribution is 7.21. The van der Waals surface area contributed by atoms with Gasteiger partial charge in [-0.15, -0.1) is 11.3 Å². The van der Waals surface area contributed by atoms with Gasteiger partial charge in [0.1, 0.15) is 12.1 Å². The van der Waals surface area contributed by atoms with Crippen LogP contribution >= 0.6 is 11.3 Å². The quantitative estimate of drug-likeness (QED) is 0.294. The molecule has 0 amide bonds. The van der Waals surface area contributed by atoms with E-state index in [1.165, 1.54) is 37.5 Å². The Morgan fingerprint density at radius 2 is 1.76 bits per heavy atom. The summed E-state index contributed by atoms with van der Waals surface area (Å²) < 4.78 is 3.45. The van der Waals surface area contributed by atoms with Crippen LogP contribution in [0.3, 0.4) is 0 Å². The highest BCUT2D eigenvalue weighted by Gasteiger charge is 2.14. The van der Waals surface area contributed by atoms with Gasteiger partial charge in [-0.05, 0) is 36.8 Å². The summed E-state index contributed by atoms with van der Waals surface area (Å²) in [5, 5.41) is 4.96. The molecule has 0 N–H and O–H groups in total. The van der Waals surface area contributed by atoms with Crippen LogP contribution in [0.5, 0.6) is 0 Å². The van der Waals surface area contributed by atoms with Crippen LogP contribution in [0.1, 0.15) is 5.56 Å². The predicted octanol–water partition coefficient (Wildman–Crippen LogP) is 5.40. The fourth-order valence-corrected chi connectivity index (χ4v) is 4.50. The second-order valence-electron chi connectivity index (χ2n) is 6.49. The number of hydrogen-bond donors (Lipinski definition) is 0. The van der Waals surface area contributed by atoms with Crippen LogP contribution in [0.2, 0.25) is 0 Å². The number of para-hydroxylation sites is 1. The predicted molar refractivity (Wildman–Crippen MR) is 106 cm³/mol. The number of nitrogens with zero attached hydrogens (tertiary/aromatic N) is 2. The summed E-state index contributed by atoms with van der Waals surface area (Å²) in [5.41, 5.74) is 4.80. The van der Waals surface area contributed by atoms with Crippen molar-refractivity contribution in [3.63, 3.8) is 0 Å². The summed E-state index contributed by atoms with van der Waals surface area (Å²) >= 11 is 1.75. The molecule has 0 spiro atoms. The van der Waals surface area contributed by atoms with Gasteiger partial charge in [0.05, 0.1) is 15.6 Å².